The minimum atomic E-state index is -3.00. The number of anilines is 2. The van der Waals surface area contributed by atoms with Crippen LogP contribution in [-0.4, -0.2) is 27.0 Å². The molecule has 3 N–H and O–H groups in total. The molecule has 0 atom stereocenters. The van der Waals surface area contributed by atoms with Crippen LogP contribution in [0.5, 0.6) is 0 Å². The van der Waals surface area contributed by atoms with E-state index in [0.717, 1.165) is 6.26 Å². The van der Waals surface area contributed by atoms with Crippen LogP contribution in [0.4, 0.5) is 15.8 Å². The Labute approximate surface area is 88.2 Å². The third kappa shape index (κ3) is 4.64. The number of nitrogens with two attached hydrogens (primary N) is 1. The molecule has 0 unspecified atom stereocenters. The van der Waals surface area contributed by atoms with Crippen LogP contribution < -0.4 is 11.1 Å². The van der Waals surface area contributed by atoms with Crippen molar-refractivity contribution in [2.24, 2.45) is 0 Å². The van der Waals surface area contributed by atoms with Crippen LogP contribution in [0.1, 0.15) is 0 Å². The molecule has 0 saturated carbocycles. The van der Waals surface area contributed by atoms with Crippen molar-refractivity contribution < 1.29 is 12.8 Å². The molecular formula is C9H13FN2O2S. The Bertz CT molecular complexity index is 425. The number of benzene rings is 1. The van der Waals surface area contributed by atoms with Gasteiger partial charge in [0.15, 0.2) is 0 Å². The summed E-state index contributed by atoms with van der Waals surface area (Å²) in [4.78, 5) is 0. The fraction of sp³-hybridized carbons (Fsp3) is 0.333. The Balaban J connectivity index is 2.58. The monoisotopic (exact) mass is 232 g/mol. The van der Waals surface area contributed by atoms with Crippen LogP contribution >= 0.6 is 0 Å². The second kappa shape index (κ2) is 4.48. The van der Waals surface area contributed by atoms with E-state index >= 15 is 0 Å². The first-order valence-corrected chi connectivity index (χ1v) is 6.40. The standard InChI is InChI=1S/C9H13FN2O2S/c1-15(13,14)3-2-12-9-5-7(10)4-8(11)6-9/h4-6,12H,2-3,11H2,1H3. The predicted octanol–water partition coefficient (Wildman–Crippen LogP) is 0.864. The van der Waals surface area contributed by atoms with E-state index in [1.54, 1.807) is 6.07 Å². The third-order valence-electron chi connectivity index (χ3n) is 1.72. The Morgan fingerprint density at radius 3 is 2.60 bits per heavy atom. The van der Waals surface area contributed by atoms with Gasteiger partial charge in [0.1, 0.15) is 15.7 Å². The van der Waals surface area contributed by atoms with E-state index in [1.165, 1.54) is 12.1 Å². The Kier molecular flexibility index (Phi) is 3.52. The van der Waals surface area contributed by atoms with Gasteiger partial charge in [0.2, 0.25) is 0 Å². The van der Waals surface area contributed by atoms with Gasteiger partial charge in [-0.1, -0.05) is 0 Å². The lowest BCUT2D eigenvalue weighted by molar-refractivity contribution is 0.602. The summed E-state index contributed by atoms with van der Waals surface area (Å²) in [6.07, 6.45) is 1.15. The van der Waals surface area contributed by atoms with E-state index in [4.69, 9.17) is 5.73 Å². The van der Waals surface area contributed by atoms with E-state index < -0.39 is 15.7 Å². The number of nitrogen functional groups attached to an aromatic ring is 1. The summed E-state index contributed by atoms with van der Waals surface area (Å²) in [5, 5.41) is 2.78. The van der Waals surface area contributed by atoms with Gasteiger partial charge in [-0.2, -0.15) is 0 Å². The largest absolute Gasteiger partial charge is 0.399 e. The second-order valence-corrected chi connectivity index (χ2v) is 5.59. The molecule has 0 aliphatic carbocycles. The zero-order chi connectivity index (χ0) is 11.5. The summed E-state index contributed by atoms with van der Waals surface area (Å²) in [7, 11) is -3.00. The molecule has 0 bridgehead atoms. The summed E-state index contributed by atoms with van der Waals surface area (Å²) < 4.78 is 34.5. The zero-order valence-corrected chi connectivity index (χ0v) is 9.14. The SMILES string of the molecule is CS(=O)(=O)CCNc1cc(N)cc(F)c1. The Morgan fingerprint density at radius 2 is 2.07 bits per heavy atom. The van der Waals surface area contributed by atoms with Gasteiger partial charge in [-0.05, 0) is 18.2 Å². The van der Waals surface area contributed by atoms with Gasteiger partial charge in [-0.25, -0.2) is 12.8 Å². The summed E-state index contributed by atoms with van der Waals surface area (Å²) in [5.41, 5.74) is 6.20. The molecule has 0 fully saturated rings. The molecule has 0 aliphatic heterocycles. The summed E-state index contributed by atoms with van der Waals surface area (Å²) in [5.74, 6) is -0.444. The highest BCUT2D eigenvalue weighted by Crippen LogP contribution is 2.14. The average molecular weight is 232 g/mol. The van der Waals surface area contributed by atoms with Crippen molar-refractivity contribution in [2.75, 3.05) is 29.6 Å². The lowest BCUT2D eigenvalue weighted by atomic mass is 10.2. The molecule has 0 aliphatic rings. The highest BCUT2D eigenvalue weighted by atomic mass is 32.2. The van der Waals surface area contributed by atoms with E-state index in [1.807, 2.05) is 0 Å². The molecule has 4 nitrogen and oxygen atoms in total. The highest BCUT2D eigenvalue weighted by Gasteiger charge is 2.02. The number of hydrogen-bond donors (Lipinski definition) is 2. The maximum atomic E-state index is 12.9. The number of hydrogen-bond acceptors (Lipinski definition) is 4. The second-order valence-electron chi connectivity index (χ2n) is 3.33. The molecule has 1 aromatic carbocycles. The molecule has 0 aromatic heterocycles. The topological polar surface area (TPSA) is 72.2 Å². The maximum Gasteiger partial charge on any atom is 0.149 e. The highest BCUT2D eigenvalue weighted by molar-refractivity contribution is 7.90. The molecule has 0 spiro atoms. The number of halogens is 1. The van der Waals surface area contributed by atoms with Crippen LogP contribution in [0.15, 0.2) is 18.2 Å². The van der Waals surface area contributed by atoms with Crippen molar-refractivity contribution in [3.63, 3.8) is 0 Å². The lowest BCUT2D eigenvalue weighted by Crippen LogP contribution is -2.14. The van der Waals surface area contributed by atoms with Crippen molar-refractivity contribution >= 4 is 21.2 Å². The Hall–Kier alpha value is -1.30. The van der Waals surface area contributed by atoms with Crippen molar-refractivity contribution in [2.45, 2.75) is 0 Å². The summed E-state index contributed by atoms with van der Waals surface area (Å²) in [6, 6.07) is 4.01. The minimum Gasteiger partial charge on any atom is -0.399 e. The van der Waals surface area contributed by atoms with Gasteiger partial charge in [-0.3, -0.25) is 0 Å². The zero-order valence-electron chi connectivity index (χ0n) is 8.33. The van der Waals surface area contributed by atoms with Crippen molar-refractivity contribution in [3.8, 4) is 0 Å². The maximum absolute atomic E-state index is 12.9. The molecule has 0 radical (unpaired) electrons. The van der Waals surface area contributed by atoms with Crippen molar-refractivity contribution in [3.05, 3.63) is 24.0 Å². The van der Waals surface area contributed by atoms with E-state index in [9.17, 15) is 12.8 Å². The fourth-order valence-corrected chi connectivity index (χ4v) is 1.57. The first-order valence-electron chi connectivity index (χ1n) is 4.34. The number of nitrogens with one attached hydrogen (secondary N) is 1. The van der Waals surface area contributed by atoms with E-state index in [-0.39, 0.29) is 12.3 Å². The molecule has 84 valence electrons. The summed E-state index contributed by atoms with van der Waals surface area (Å²) in [6.45, 7) is 0.238. The minimum absolute atomic E-state index is 0.00339. The molecular weight excluding hydrogens is 219 g/mol. The fourth-order valence-electron chi connectivity index (χ4n) is 1.10. The lowest BCUT2D eigenvalue weighted by Gasteiger charge is -2.06. The van der Waals surface area contributed by atoms with Gasteiger partial charge in [0.25, 0.3) is 0 Å². The van der Waals surface area contributed by atoms with Gasteiger partial charge in [-0.15, -0.1) is 0 Å². The van der Waals surface area contributed by atoms with Gasteiger partial charge >= 0.3 is 0 Å². The quantitative estimate of drug-likeness (QED) is 0.755. The average Bonchev–Trinajstić information content (AvgIpc) is 1.99. The van der Waals surface area contributed by atoms with Crippen molar-refractivity contribution in [1.29, 1.82) is 0 Å². The van der Waals surface area contributed by atoms with E-state index in [0.29, 0.717) is 11.4 Å². The molecule has 1 aromatic rings. The molecule has 1 rings (SSSR count). The van der Waals surface area contributed by atoms with Crippen LogP contribution in [-0.2, 0) is 9.84 Å². The van der Waals surface area contributed by atoms with E-state index in [2.05, 4.69) is 5.32 Å². The first kappa shape index (κ1) is 11.8. The third-order valence-corrected chi connectivity index (χ3v) is 2.67. The normalized spacial score (nSPS) is 11.3. The smallest absolute Gasteiger partial charge is 0.149 e. The van der Waals surface area contributed by atoms with Gasteiger partial charge in [0, 0.05) is 24.2 Å². The number of rotatable bonds is 4. The summed E-state index contributed by atoms with van der Waals surface area (Å²) >= 11 is 0. The van der Waals surface area contributed by atoms with Crippen LogP contribution in [0, 0.1) is 5.82 Å². The van der Waals surface area contributed by atoms with Crippen molar-refractivity contribution in [1.82, 2.24) is 0 Å². The van der Waals surface area contributed by atoms with Crippen LogP contribution in [0.25, 0.3) is 0 Å². The molecule has 6 heteroatoms. The molecule has 0 amide bonds. The molecule has 0 heterocycles. The first-order chi connectivity index (χ1) is 6.87. The van der Waals surface area contributed by atoms with Crippen LogP contribution in [0.2, 0.25) is 0 Å². The Morgan fingerprint density at radius 1 is 1.40 bits per heavy atom. The van der Waals surface area contributed by atoms with Gasteiger partial charge in [0.05, 0.1) is 5.75 Å². The molecule has 15 heavy (non-hydrogen) atoms. The van der Waals surface area contributed by atoms with Crippen LogP contribution in [0.3, 0.4) is 0 Å². The van der Waals surface area contributed by atoms with Gasteiger partial charge < -0.3 is 11.1 Å². The number of sulfone groups is 1. The molecule has 0 saturated heterocycles. The predicted molar refractivity (Wildman–Crippen MR) is 59.0 cm³/mol.